The molecule has 4 aliphatic rings. The van der Waals surface area contributed by atoms with Gasteiger partial charge < -0.3 is 15.8 Å². The first-order chi connectivity index (χ1) is 11.7. The summed E-state index contributed by atoms with van der Waals surface area (Å²) in [6, 6.07) is 9.82. The van der Waals surface area contributed by atoms with Gasteiger partial charge in [0.15, 0.2) is 0 Å². The van der Waals surface area contributed by atoms with E-state index in [2.05, 4.69) is 5.32 Å². The number of nitrogens with two attached hydrogens (primary N) is 1. The van der Waals surface area contributed by atoms with E-state index in [1.54, 1.807) is 0 Å². The minimum Gasteiger partial charge on any atom is -0.445 e. The van der Waals surface area contributed by atoms with E-state index in [1.165, 1.54) is 32.1 Å². The van der Waals surface area contributed by atoms with E-state index >= 15 is 0 Å². The molecule has 3 N–H and O–H groups in total. The summed E-state index contributed by atoms with van der Waals surface area (Å²) in [5.74, 6) is 3.14. The molecular formula is C20H28N2O2. The number of hydrogen-bond acceptors (Lipinski definition) is 3. The molecule has 0 aliphatic heterocycles. The van der Waals surface area contributed by atoms with Crippen LogP contribution >= 0.6 is 0 Å². The molecule has 4 aliphatic carbocycles. The zero-order valence-electron chi connectivity index (χ0n) is 14.2. The summed E-state index contributed by atoms with van der Waals surface area (Å²) in [5, 5.41) is 3.05. The van der Waals surface area contributed by atoms with Gasteiger partial charge in [-0.3, -0.25) is 0 Å². The minimum atomic E-state index is -0.287. The van der Waals surface area contributed by atoms with Crippen molar-refractivity contribution in [3.05, 3.63) is 35.9 Å². The predicted molar refractivity (Wildman–Crippen MR) is 93.2 cm³/mol. The van der Waals surface area contributed by atoms with E-state index < -0.39 is 0 Å². The molecule has 1 aromatic rings. The fourth-order valence-electron chi connectivity index (χ4n) is 5.93. The number of amides is 1. The first kappa shape index (κ1) is 15.9. The average Bonchev–Trinajstić information content (AvgIpc) is 2.59. The van der Waals surface area contributed by atoms with Gasteiger partial charge in [0.25, 0.3) is 0 Å². The third-order valence-electron chi connectivity index (χ3n) is 6.69. The zero-order chi connectivity index (χ0) is 16.6. The number of ether oxygens (including phenoxy) is 1. The van der Waals surface area contributed by atoms with Gasteiger partial charge in [-0.1, -0.05) is 30.3 Å². The third kappa shape index (κ3) is 3.04. The van der Waals surface area contributed by atoms with Crippen molar-refractivity contribution in [2.45, 2.75) is 38.7 Å². The van der Waals surface area contributed by atoms with Crippen LogP contribution in [0.3, 0.4) is 0 Å². The number of alkyl carbamates (subject to hydrolysis) is 1. The van der Waals surface area contributed by atoms with Crippen LogP contribution in [0.5, 0.6) is 0 Å². The fourth-order valence-corrected chi connectivity index (χ4v) is 5.93. The Bertz CT molecular complexity index is 573. The maximum atomic E-state index is 12.1. The van der Waals surface area contributed by atoms with Gasteiger partial charge >= 0.3 is 6.09 Å². The number of benzene rings is 1. The van der Waals surface area contributed by atoms with Gasteiger partial charge in [-0.2, -0.15) is 0 Å². The summed E-state index contributed by atoms with van der Waals surface area (Å²) < 4.78 is 5.36. The van der Waals surface area contributed by atoms with Crippen LogP contribution in [-0.4, -0.2) is 19.2 Å². The SMILES string of the molecule is NCC1C2CC3C[C@H]1CC(CNC(=O)OCc1ccccc1)(C3)C2. The van der Waals surface area contributed by atoms with Crippen molar-refractivity contribution in [1.82, 2.24) is 5.32 Å². The Hall–Kier alpha value is -1.55. The van der Waals surface area contributed by atoms with E-state index in [-0.39, 0.29) is 6.09 Å². The second kappa shape index (κ2) is 6.40. The minimum absolute atomic E-state index is 0.287. The highest BCUT2D eigenvalue weighted by Crippen LogP contribution is 2.61. The third-order valence-corrected chi connectivity index (χ3v) is 6.69. The first-order valence-corrected chi connectivity index (χ1v) is 9.32. The highest BCUT2D eigenvalue weighted by atomic mass is 16.5. The van der Waals surface area contributed by atoms with Crippen molar-refractivity contribution in [3.63, 3.8) is 0 Å². The average molecular weight is 328 g/mol. The number of carbonyl (C=O) groups excluding carboxylic acids is 1. The van der Waals surface area contributed by atoms with Crippen LogP contribution < -0.4 is 11.1 Å². The van der Waals surface area contributed by atoms with Crippen LogP contribution in [0.2, 0.25) is 0 Å². The van der Waals surface area contributed by atoms with Crippen LogP contribution in [0.4, 0.5) is 4.79 Å². The molecule has 24 heavy (non-hydrogen) atoms. The number of carbonyl (C=O) groups is 1. The molecule has 0 saturated heterocycles. The van der Waals surface area contributed by atoms with Gasteiger partial charge in [0, 0.05) is 6.54 Å². The molecule has 0 aromatic heterocycles. The fraction of sp³-hybridized carbons (Fsp3) is 0.650. The molecule has 130 valence electrons. The largest absolute Gasteiger partial charge is 0.445 e. The highest BCUT2D eigenvalue weighted by Gasteiger charge is 2.54. The molecule has 4 bridgehead atoms. The Labute approximate surface area is 144 Å². The summed E-state index contributed by atoms with van der Waals surface area (Å²) in [4.78, 5) is 12.1. The van der Waals surface area contributed by atoms with Gasteiger partial charge in [0.05, 0.1) is 0 Å². The summed E-state index contributed by atoms with van der Waals surface area (Å²) >= 11 is 0. The molecule has 4 unspecified atom stereocenters. The van der Waals surface area contributed by atoms with Gasteiger partial charge in [-0.05, 0) is 73.3 Å². The summed E-state index contributed by atoms with van der Waals surface area (Å²) in [5.41, 5.74) is 7.35. The molecule has 4 nitrogen and oxygen atoms in total. The van der Waals surface area contributed by atoms with E-state index in [0.717, 1.165) is 42.3 Å². The summed E-state index contributed by atoms with van der Waals surface area (Å²) in [7, 11) is 0. The molecular weight excluding hydrogens is 300 g/mol. The topological polar surface area (TPSA) is 64.3 Å². The molecule has 4 fully saturated rings. The molecule has 1 aromatic carbocycles. The number of hydrogen-bond donors (Lipinski definition) is 2. The molecule has 5 atom stereocenters. The second-order valence-electron chi connectivity index (χ2n) is 8.28. The first-order valence-electron chi connectivity index (χ1n) is 9.32. The number of nitrogens with one attached hydrogen (secondary N) is 1. The molecule has 0 heterocycles. The summed E-state index contributed by atoms with van der Waals surface area (Å²) in [6.07, 6.45) is 6.18. The van der Waals surface area contributed by atoms with Crippen LogP contribution in [-0.2, 0) is 11.3 Å². The standard InChI is InChI=1S/C20H28N2O2/c21-11-18-16-6-15-7-17(18)10-20(8-15,9-16)13-22-19(23)24-12-14-4-2-1-3-5-14/h1-5,15-18H,6-13,21H2,(H,22,23)/t15?,16-,17?,18?,20?/m0/s1. The van der Waals surface area contributed by atoms with E-state index in [9.17, 15) is 4.79 Å². The maximum Gasteiger partial charge on any atom is 0.407 e. The zero-order valence-corrected chi connectivity index (χ0v) is 14.2. The lowest BCUT2D eigenvalue weighted by molar-refractivity contribution is -0.0900. The molecule has 1 amide bonds. The van der Waals surface area contributed by atoms with Crippen molar-refractivity contribution < 1.29 is 9.53 Å². The molecule has 4 saturated carbocycles. The van der Waals surface area contributed by atoms with Crippen molar-refractivity contribution in [2.75, 3.05) is 13.1 Å². The van der Waals surface area contributed by atoms with Gasteiger partial charge in [0.1, 0.15) is 6.61 Å². The Morgan fingerprint density at radius 2 is 1.88 bits per heavy atom. The van der Waals surface area contributed by atoms with Gasteiger partial charge in [0.2, 0.25) is 0 Å². The van der Waals surface area contributed by atoms with Crippen LogP contribution in [0.15, 0.2) is 30.3 Å². The lowest BCUT2D eigenvalue weighted by Gasteiger charge is -2.60. The second-order valence-corrected chi connectivity index (χ2v) is 8.28. The molecule has 4 heteroatoms. The Morgan fingerprint density at radius 1 is 1.17 bits per heavy atom. The summed E-state index contributed by atoms with van der Waals surface area (Å²) in [6.45, 7) is 1.94. The predicted octanol–water partition coefficient (Wildman–Crippen LogP) is 3.31. The van der Waals surface area contributed by atoms with Crippen LogP contribution in [0, 0.1) is 29.1 Å². The molecule has 0 radical (unpaired) electrons. The van der Waals surface area contributed by atoms with E-state index in [1.807, 2.05) is 30.3 Å². The maximum absolute atomic E-state index is 12.1. The lowest BCUT2D eigenvalue weighted by Crippen LogP contribution is -2.56. The molecule has 5 rings (SSSR count). The number of rotatable bonds is 5. The van der Waals surface area contributed by atoms with Crippen molar-refractivity contribution in [1.29, 1.82) is 0 Å². The molecule has 0 spiro atoms. The van der Waals surface area contributed by atoms with Crippen LogP contribution in [0.1, 0.15) is 37.7 Å². The van der Waals surface area contributed by atoms with Gasteiger partial charge in [-0.15, -0.1) is 0 Å². The smallest absolute Gasteiger partial charge is 0.407 e. The van der Waals surface area contributed by atoms with Crippen molar-refractivity contribution >= 4 is 6.09 Å². The lowest BCUT2D eigenvalue weighted by atomic mass is 9.46. The van der Waals surface area contributed by atoms with Crippen molar-refractivity contribution in [2.24, 2.45) is 34.8 Å². The van der Waals surface area contributed by atoms with Gasteiger partial charge in [-0.25, -0.2) is 4.79 Å². The monoisotopic (exact) mass is 328 g/mol. The Balaban J connectivity index is 1.30. The Morgan fingerprint density at radius 3 is 2.54 bits per heavy atom. The van der Waals surface area contributed by atoms with Crippen LogP contribution in [0.25, 0.3) is 0 Å². The highest BCUT2D eigenvalue weighted by molar-refractivity contribution is 5.67. The normalized spacial score (nSPS) is 36.5. The van der Waals surface area contributed by atoms with E-state index in [0.29, 0.717) is 12.0 Å². The Kier molecular flexibility index (Phi) is 4.25. The van der Waals surface area contributed by atoms with Crippen molar-refractivity contribution in [3.8, 4) is 0 Å². The van der Waals surface area contributed by atoms with E-state index in [4.69, 9.17) is 10.5 Å². The quantitative estimate of drug-likeness (QED) is 0.871.